The van der Waals surface area contributed by atoms with Crippen LogP contribution in [0.25, 0.3) is 0 Å². The smallest absolute Gasteiger partial charge is 0.287 e. The Hall–Kier alpha value is -2.39. The molecule has 0 atom stereocenters. The topological polar surface area (TPSA) is 75.3 Å². The Kier molecular flexibility index (Phi) is 5.29. The molecule has 6 heteroatoms. The first kappa shape index (κ1) is 15.0. The molecule has 0 bridgehead atoms. The molecular weight excluding hydrogens is 288 g/mol. The van der Waals surface area contributed by atoms with Gasteiger partial charge >= 0.3 is 0 Å². The Morgan fingerprint density at radius 2 is 2.29 bits per heavy atom. The third-order valence-electron chi connectivity index (χ3n) is 2.71. The van der Waals surface area contributed by atoms with Crippen LogP contribution < -0.4 is 10.1 Å². The summed E-state index contributed by atoms with van der Waals surface area (Å²) in [6.45, 7) is 0.655. The highest BCUT2D eigenvalue weighted by atomic mass is 32.1. The molecular formula is C15H14N2O3S. The van der Waals surface area contributed by atoms with Gasteiger partial charge in [-0.3, -0.25) is 4.79 Å². The van der Waals surface area contributed by atoms with Crippen LogP contribution in [0.2, 0.25) is 0 Å². The average Bonchev–Trinajstić information content (AvgIpc) is 2.99. The highest BCUT2D eigenvalue weighted by Gasteiger charge is 2.15. The minimum Gasteiger partial charge on any atom is -0.489 e. The zero-order valence-electron chi connectivity index (χ0n) is 11.2. The molecule has 0 aliphatic heterocycles. The predicted molar refractivity (Wildman–Crippen MR) is 80.4 cm³/mol. The van der Waals surface area contributed by atoms with Gasteiger partial charge in [0.05, 0.1) is 17.9 Å². The molecule has 1 aromatic carbocycles. The highest BCUT2D eigenvalue weighted by Crippen LogP contribution is 2.17. The molecule has 1 heterocycles. The normalized spacial score (nSPS) is 9.90. The van der Waals surface area contributed by atoms with Gasteiger partial charge in [0.2, 0.25) is 0 Å². The van der Waals surface area contributed by atoms with Crippen LogP contribution in [0, 0.1) is 11.3 Å². The number of thiol groups is 1. The van der Waals surface area contributed by atoms with Gasteiger partial charge in [-0.25, -0.2) is 0 Å². The number of benzene rings is 1. The highest BCUT2D eigenvalue weighted by molar-refractivity contribution is 7.80. The largest absolute Gasteiger partial charge is 0.489 e. The number of ether oxygens (including phenoxy) is 1. The molecule has 5 nitrogen and oxygen atoms in total. The predicted octanol–water partition coefficient (Wildman–Crippen LogP) is 2.39. The first-order chi connectivity index (χ1) is 10.2. The Bertz CT molecular complexity index is 661. The van der Waals surface area contributed by atoms with E-state index in [1.165, 1.54) is 6.26 Å². The lowest BCUT2D eigenvalue weighted by atomic mass is 10.2. The Labute approximate surface area is 127 Å². The molecule has 1 amide bonds. The van der Waals surface area contributed by atoms with Crippen LogP contribution in [0.3, 0.4) is 0 Å². The van der Waals surface area contributed by atoms with Crippen LogP contribution in [0.1, 0.15) is 21.7 Å². The molecule has 2 rings (SSSR count). The Morgan fingerprint density at radius 1 is 1.43 bits per heavy atom. The molecule has 0 fully saturated rings. The van der Waals surface area contributed by atoms with Crippen molar-refractivity contribution >= 4 is 18.5 Å². The first-order valence-corrected chi connectivity index (χ1v) is 6.96. The fourth-order valence-corrected chi connectivity index (χ4v) is 1.83. The van der Waals surface area contributed by atoms with E-state index >= 15 is 0 Å². The lowest BCUT2D eigenvalue weighted by Crippen LogP contribution is -2.25. The van der Waals surface area contributed by atoms with Crippen molar-refractivity contribution in [3.05, 3.63) is 53.5 Å². The molecule has 0 aliphatic rings. The van der Waals surface area contributed by atoms with E-state index in [1.54, 1.807) is 30.3 Å². The molecule has 0 saturated heterocycles. The van der Waals surface area contributed by atoms with Gasteiger partial charge in [-0.2, -0.15) is 17.9 Å². The average molecular weight is 302 g/mol. The van der Waals surface area contributed by atoms with Crippen molar-refractivity contribution in [2.45, 2.75) is 6.61 Å². The van der Waals surface area contributed by atoms with Gasteiger partial charge in [0, 0.05) is 17.9 Å². The monoisotopic (exact) mass is 302 g/mol. The maximum absolute atomic E-state index is 11.9. The second-order valence-corrected chi connectivity index (χ2v) is 4.63. The van der Waals surface area contributed by atoms with Crippen molar-refractivity contribution in [1.29, 1.82) is 5.26 Å². The second kappa shape index (κ2) is 7.41. The molecule has 2 aromatic rings. The zero-order chi connectivity index (χ0) is 15.1. The van der Waals surface area contributed by atoms with Gasteiger partial charge < -0.3 is 14.5 Å². The number of nitriles is 1. The van der Waals surface area contributed by atoms with Gasteiger partial charge in [0.1, 0.15) is 12.4 Å². The molecule has 1 N–H and O–H groups in total. The van der Waals surface area contributed by atoms with E-state index in [4.69, 9.17) is 14.4 Å². The van der Waals surface area contributed by atoms with E-state index in [9.17, 15) is 4.79 Å². The summed E-state index contributed by atoms with van der Waals surface area (Å²) in [6.07, 6.45) is 1.44. The molecule has 0 spiro atoms. The number of nitrogens with zero attached hydrogens (tertiary/aromatic N) is 1. The number of hydrogen-bond donors (Lipinski definition) is 2. The fraction of sp³-hybridized carbons (Fsp3) is 0.200. The van der Waals surface area contributed by atoms with Gasteiger partial charge in [-0.1, -0.05) is 6.07 Å². The van der Waals surface area contributed by atoms with Crippen molar-refractivity contribution in [3.8, 4) is 11.8 Å². The van der Waals surface area contributed by atoms with Crippen LogP contribution in [0.5, 0.6) is 5.75 Å². The summed E-state index contributed by atoms with van der Waals surface area (Å²) in [6, 6.07) is 10.6. The minimum absolute atomic E-state index is 0.189. The van der Waals surface area contributed by atoms with Crippen molar-refractivity contribution < 1.29 is 13.9 Å². The molecule has 0 radical (unpaired) electrons. The minimum atomic E-state index is -0.293. The van der Waals surface area contributed by atoms with Crippen LogP contribution in [-0.2, 0) is 6.61 Å². The number of amides is 1. The SMILES string of the molecule is N#Cc1cccc(OCc2ccoc2C(=O)NCCS)c1. The van der Waals surface area contributed by atoms with Crippen molar-refractivity contribution in [2.24, 2.45) is 0 Å². The molecule has 108 valence electrons. The summed E-state index contributed by atoms with van der Waals surface area (Å²) in [5.74, 6) is 1.06. The van der Waals surface area contributed by atoms with Gasteiger partial charge in [0.15, 0.2) is 5.76 Å². The lowest BCUT2D eigenvalue weighted by molar-refractivity contribution is 0.0925. The summed E-state index contributed by atoms with van der Waals surface area (Å²) < 4.78 is 10.8. The van der Waals surface area contributed by atoms with Crippen molar-refractivity contribution in [2.75, 3.05) is 12.3 Å². The van der Waals surface area contributed by atoms with Crippen molar-refractivity contribution in [3.63, 3.8) is 0 Å². The number of carbonyl (C=O) groups excluding carboxylic acids is 1. The number of nitrogens with one attached hydrogen (secondary N) is 1. The molecule has 0 aliphatic carbocycles. The molecule has 0 unspecified atom stereocenters. The zero-order valence-corrected chi connectivity index (χ0v) is 12.1. The summed E-state index contributed by atoms with van der Waals surface area (Å²) in [5.41, 5.74) is 1.17. The van der Waals surface area contributed by atoms with Gasteiger partial charge in [-0.15, -0.1) is 0 Å². The van der Waals surface area contributed by atoms with Crippen LogP contribution in [-0.4, -0.2) is 18.2 Å². The summed E-state index contributed by atoms with van der Waals surface area (Å²) >= 11 is 4.03. The molecule has 21 heavy (non-hydrogen) atoms. The van der Waals surface area contributed by atoms with Crippen LogP contribution in [0.4, 0.5) is 0 Å². The number of furan rings is 1. The van der Waals surface area contributed by atoms with Gasteiger partial charge in [0.25, 0.3) is 5.91 Å². The molecule has 0 saturated carbocycles. The second-order valence-electron chi connectivity index (χ2n) is 4.18. The van der Waals surface area contributed by atoms with Crippen LogP contribution >= 0.6 is 12.6 Å². The van der Waals surface area contributed by atoms with E-state index in [-0.39, 0.29) is 18.3 Å². The van der Waals surface area contributed by atoms with E-state index in [1.807, 2.05) is 6.07 Å². The van der Waals surface area contributed by atoms with Gasteiger partial charge in [-0.05, 0) is 24.3 Å². The van der Waals surface area contributed by atoms with Crippen molar-refractivity contribution in [1.82, 2.24) is 5.32 Å². The summed E-state index contributed by atoms with van der Waals surface area (Å²) in [7, 11) is 0. The quantitative estimate of drug-likeness (QED) is 0.803. The van der Waals surface area contributed by atoms with E-state index < -0.39 is 0 Å². The number of hydrogen-bond acceptors (Lipinski definition) is 5. The standard InChI is InChI=1S/C15H14N2O3S/c16-9-11-2-1-3-13(8-11)20-10-12-4-6-19-14(12)15(18)17-5-7-21/h1-4,6,8,21H,5,7,10H2,(H,17,18). The maximum Gasteiger partial charge on any atom is 0.287 e. The van der Waals surface area contributed by atoms with E-state index in [2.05, 4.69) is 17.9 Å². The third kappa shape index (κ3) is 4.04. The number of carbonyl (C=O) groups is 1. The Balaban J connectivity index is 2.02. The first-order valence-electron chi connectivity index (χ1n) is 6.33. The summed E-state index contributed by atoms with van der Waals surface area (Å²) in [4.78, 5) is 11.9. The fourth-order valence-electron chi connectivity index (χ4n) is 1.71. The van der Waals surface area contributed by atoms with E-state index in [0.717, 1.165) is 0 Å². The Morgan fingerprint density at radius 3 is 3.05 bits per heavy atom. The third-order valence-corrected chi connectivity index (χ3v) is 2.93. The van der Waals surface area contributed by atoms with Crippen LogP contribution in [0.15, 0.2) is 41.0 Å². The lowest BCUT2D eigenvalue weighted by Gasteiger charge is -2.07. The summed E-state index contributed by atoms with van der Waals surface area (Å²) in [5, 5.41) is 11.5. The maximum atomic E-state index is 11.9. The number of rotatable bonds is 6. The molecule has 1 aromatic heterocycles. The van der Waals surface area contributed by atoms with E-state index in [0.29, 0.717) is 29.2 Å².